The van der Waals surface area contributed by atoms with Gasteiger partial charge in [0.05, 0.1) is 6.34 Å². The molecule has 2 N–H and O–H groups in total. The van der Waals surface area contributed by atoms with E-state index in [4.69, 9.17) is 10.8 Å². The molecular formula is C3H7N3S2. The smallest absolute Gasteiger partial charge is 0.171 e. The Hall–Kier alpha value is -0.160. The predicted molar refractivity (Wildman–Crippen MR) is 40.9 cm³/mol. The molecule has 46 valence electrons. The Morgan fingerprint density at radius 2 is 2.38 bits per heavy atom. The van der Waals surface area contributed by atoms with E-state index in [1.54, 1.807) is 7.05 Å². The Labute approximate surface area is 57.3 Å². The largest absolute Gasteiger partial charge is 0.315 e. The highest BCUT2D eigenvalue weighted by Gasteiger charge is 1.95. The van der Waals surface area contributed by atoms with Gasteiger partial charge in [-0.05, 0) is 10.8 Å². The van der Waals surface area contributed by atoms with E-state index in [9.17, 15) is 0 Å². The number of rotatable bonds is 1. The highest BCUT2D eigenvalue weighted by atomic mass is 33.1. The van der Waals surface area contributed by atoms with Crippen LogP contribution >= 0.6 is 22.5 Å². The Balaban J connectivity index is 3.62. The lowest BCUT2D eigenvalue weighted by Gasteiger charge is -2.08. The monoisotopic (exact) mass is 149 g/mol. The van der Waals surface area contributed by atoms with Gasteiger partial charge in [-0.1, -0.05) is 0 Å². The molecule has 0 unspecified atom stereocenters. The number of hydrogen-bond donors (Lipinski definition) is 3. The molecule has 0 amide bonds. The summed E-state index contributed by atoms with van der Waals surface area (Å²) < 4.78 is 0. The molecule has 0 heterocycles. The molecule has 5 heteroatoms. The van der Waals surface area contributed by atoms with Crippen molar-refractivity contribution in [2.75, 3.05) is 7.05 Å². The summed E-state index contributed by atoms with van der Waals surface area (Å²) in [7, 11) is 2.63. The van der Waals surface area contributed by atoms with E-state index in [-0.39, 0.29) is 5.17 Å². The topological polar surface area (TPSA) is 50.9 Å². The fraction of sp³-hybridized carbons (Fsp3) is 0.333. The molecule has 0 saturated carbocycles. The lowest BCUT2D eigenvalue weighted by Crippen LogP contribution is -2.19. The average molecular weight is 149 g/mol. The third-order valence-corrected chi connectivity index (χ3v) is 1.58. The zero-order valence-corrected chi connectivity index (χ0v) is 6.09. The zero-order valence-electron chi connectivity index (χ0n) is 4.38. The molecule has 0 atom stereocenters. The van der Waals surface area contributed by atoms with Gasteiger partial charge in [-0.3, -0.25) is 10.8 Å². The predicted octanol–water partition coefficient (Wildman–Crippen LogP) is 1.04. The summed E-state index contributed by atoms with van der Waals surface area (Å²) >= 11 is 3.76. The van der Waals surface area contributed by atoms with Crippen molar-refractivity contribution in [1.82, 2.24) is 4.90 Å². The quantitative estimate of drug-likeness (QED) is 0.226. The maximum absolute atomic E-state index is 7.00. The first kappa shape index (κ1) is 7.84. The minimum Gasteiger partial charge on any atom is -0.315 e. The zero-order chi connectivity index (χ0) is 6.57. The van der Waals surface area contributed by atoms with Crippen molar-refractivity contribution >= 4 is 34.0 Å². The average Bonchev–Trinajstić information content (AvgIpc) is 1.84. The summed E-state index contributed by atoms with van der Waals surface area (Å²) in [6.07, 6.45) is 1.06. The van der Waals surface area contributed by atoms with Crippen LogP contribution in [0, 0.1) is 10.8 Å². The van der Waals surface area contributed by atoms with Gasteiger partial charge in [0, 0.05) is 7.05 Å². The Morgan fingerprint density at radius 1 is 1.88 bits per heavy atom. The van der Waals surface area contributed by atoms with E-state index in [0.717, 1.165) is 17.1 Å². The van der Waals surface area contributed by atoms with Crippen molar-refractivity contribution in [3.8, 4) is 0 Å². The molecule has 3 nitrogen and oxygen atoms in total. The van der Waals surface area contributed by atoms with E-state index in [0.29, 0.717) is 0 Å². The second-order valence-corrected chi connectivity index (χ2v) is 2.25. The normalized spacial score (nSPS) is 8.25. The summed E-state index contributed by atoms with van der Waals surface area (Å²) in [6.45, 7) is 0. The summed E-state index contributed by atoms with van der Waals surface area (Å²) in [6, 6.07) is 0. The summed E-state index contributed by atoms with van der Waals surface area (Å²) in [5.74, 6) is 0. The van der Waals surface area contributed by atoms with Gasteiger partial charge in [-0.25, -0.2) is 0 Å². The molecular weight excluding hydrogens is 142 g/mol. The van der Waals surface area contributed by atoms with Gasteiger partial charge < -0.3 is 4.90 Å². The highest BCUT2D eigenvalue weighted by Crippen LogP contribution is 2.07. The van der Waals surface area contributed by atoms with Gasteiger partial charge in [0.2, 0.25) is 0 Å². The molecule has 0 fully saturated rings. The SMILES string of the molecule is CN(C=N)C(=N)SS. The highest BCUT2D eigenvalue weighted by molar-refractivity contribution is 8.74. The third-order valence-electron chi connectivity index (χ3n) is 0.600. The molecule has 0 spiro atoms. The molecule has 8 heavy (non-hydrogen) atoms. The van der Waals surface area contributed by atoms with E-state index in [1.165, 1.54) is 4.90 Å². The van der Waals surface area contributed by atoms with Crippen LogP contribution in [0.15, 0.2) is 0 Å². The molecule has 0 bridgehead atoms. The van der Waals surface area contributed by atoms with Crippen LogP contribution in [0.3, 0.4) is 0 Å². The van der Waals surface area contributed by atoms with Crippen molar-refractivity contribution in [2.24, 2.45) is 0 Å². The van der Waals surface area contributed by atoms with Crippen LogP contribution in [0.2, 0.25) is 0 Å². The third kappa shape index (κ3) is 2.23. The second kappa shape index (κ2) is 3.80. The van der Waals surface area contributed by atoms with E-state index < -0.39 is 0 Å². The maximum Gasteiger partial charge on any atom is 0.171 e. The molecule has 0 aliphatic carbocycles. The molecule has 0 aromatic carbocycles. The molecule has 0 saturated heterocycles. The number of amidine groups is 1. The minimum atomic E-state index is 0.253. The van der Waals surface area contributed by atoms with Crippen molar-refractivity contribution in [3.63, 3.8) is 0 Å². The summed E-state index contributed by atoms with van der Waals surface area (Å²) in [5.41, 5.74) is 0. The first-order valence-electron chi connectivity index (χ1n) is 1.85. The van der Waals surface area contributed by atoms with Crippen LogP contribution in [-0.4, -0.2) is 23.5 Å². The fourth-order valence-electron chi connectivity index (χ4n) is 0.123. The van der Waals surface area contributed by atoms with Crippen molar-refractivity contribution < 1.29 is 0 Å². The molecule has 0 aromatic heterocycles. The fourth-order valence-corrected chi connectivity index (χ4v) is 0.691. The van der Waals surface area contributed by atoms with Crippen molar-refractivity contribution in [2.45, 2.75) is 0 Å². The lowest BCUT2D eigenvalue weighted by atomic mass is 10.9. The molecule has 0 rings (SSSR count). The van der Waals surface area contributed by atoms with Crippen LogP contribution in [0.1, 0.15) is 0 Å². The van der Waals surface area contributed by atoms with Crippen LogP contribution < -0.4 is 0 Å². The first-order chi connectivity index (χ1) is 3.72. The number of nitrogens with zero attached hydrogens (tertiary/aromatic N) is 1. The standard InChI is InChI=1S/C3H7N3S2/c1-6(2-4)3(5)8-7/h2,4-5,7H,1H3. The number of hydrogen-bond acceptors (Lipinski definition) is 4. The lowest BCUT2D eigenvalue weighted by molar-refractivity contribution is 0.782. The molecule has 0 aliphatic heterocycles. The van der Waals surface area contributed by atoms with Crippen LogP contribution in [-0.2, 0) is 0 Å². The maximum atomic E-state index is 7.00. The van der Waals surface area contributed by atoms with Crippen LogP contribution in [0.4, 0.5) is 0 Å². The van der Waals surface area contributed by atoms with E-state index in [1.807, 2.05) is 0 Å². The van der Waals surface area contributed by atoms with Crippen LogP contribution in [0.5, 0.6) is 0 Å². The van der Waals surface area contributed by atoms with Crippen molar-refractivity contribution in [3.05, 3.63) is 0 Å². The van der Waals surface area contributed by atoms with E-state index >= 15 is 0 Å². The van der Waals surface area contributed by atoms with Crippen molar-refractivity contribution in [1.29, 1.82) is 10.8 Å². The number of nitrogens with one attached hydrogen (secondary N) is 2. The van der Waals surface area contributed by atoms with Gasteiger partial charge >= 0.3 is 0 Å². The first-order valence-corrected chi connectivity index (χ1v) is 3.72. The summed E-state index contributed by atoms with van der Waals surface area (Å²) in [5, 5.41) is 13.9. The Kier molecular flexibility index (Phi) is 3.72. The van der Waals surface area contributed by atoms with Gasteiger partial charge in [-0.2, -0.15) is 0 Å². The van der Waals surface area contributed by atoms with Gasteiger partial charge in [0.1, 0.15) is 0 Å². The molecule has 0 radical (unpaired) electrons. The Bertz CT molecular complexity index is 103. The Morgan fingerprint density at radius 3 is 2.50 bits per heavy atom. The van der Waals surface area contributed by atoms with Gasteiger partial charge in [0.15, 0.2) is 5.17 Å². The van der Waals surface area contributed by atoms with Crippen LogP contribution in [0.25, 0.3) is 0 Å². The summed E-state index contributed by atoms with van der Waals surface area (Å²) in [4.78, 5) is 1.36. The molecule has 0 aromatic rings. The van der Waals surface area contributed by atoms with E-state index in [2.05, 4.69) is 11.7 Å². The van der Waals surface area contributed by atoms with Gasteiger partial charge in [0.25, 0.3) is 0 Å². The minimum absolute atomic E-state index is 0.253. The second-order valence-electron chi connectivity index (χ2n) is 1.14. The van der Waals surface area contributed by atoms with Gasteiger partial charge in [-0.15, -0.1) is 11.7 Å². The number of thiol groups is 1. The molecule has 0 aliphatic rings.